The number of morpholine rings is 1. The maximum absolute atomic E-state index is 12.9. The molecule has 2 aromatic rings. The molecule has 1 amide bonds. The van der Waals surface area contributed by atoms with Crippen molar-refractivity contribution < 1.29 is 18.7 Å². The van der Waals surface area contributed by atoms with E-state index < -0.39 is 0 Å². The Morgan fingerprint density at radius 3 is 2.78 bits per heavy atom. The predicted molar refractivity (Wildman–Crippen MR) is 104 cm³/mol. The lowest BCUT2D eigenvalue weighted by atomic mass is 10.1. The van der Waals surface area contributed by atoms with E-state index >= 15 is 0 Å². The number of amides is 1. The average Bonchev–Trinajstić information content (AvgIpc) is 2.62. The number of hydrogen-bond donors (Lipinski definition) is 2. The first-order valence-electron chi connectivity index (χ1n) is 8.13. The third-order valence-corrected chi connectivity index (χ3v) is 3.90. The van der Waals surface area contributed by atoms with E-state index in [-0.39, 0.29) is 48.7 Å². The second kappa shape index (κ2) is 11.0. The number of benzene rings is 1. The number of carbonyl (C=O) groups excluding carboxylic acids is 1. The normalized spacial score (nSPS) is 18.6. The average molecular weight is 418 g/mol. The summed E-state index contributed by atoms with van der Waals surface area (Å²) < 4.78 is 24.0. The zero-order valence-corrected chi connectivity index (χ0v) is 16.3. The smallest absolute Gasteiger partial charge is 0.240 e. The summed E-state index contributed by atoms with van der Waals surface area (Å²) in [4.78, 5) is 16.4. The fourth-order valence-electron chi connectivity index (χ4n) is 2.57. The van der Waals surface area contributed by atoms with Crippen LogP contribution in [0.1, 0.15) is 12.5 Å². The minimum absolute atomic E-state index is 0. The lowest BCUT2D eigenvalue weighted by molar-refractivity contribution is -0.129. The van der Waals surface area contributed by atoms with Crippen LogP contribution in [-0.2, 0) is 16.1 Å². The van der Waals surface area contributed by atoms with Crippen molar-refractivity contribution in [3.8, 4) is 11.6 Å². The second-order valence-corrected chi connectivity index (χ2v) is 5.78. The van der Waals surface area contributed by atoms with Crippen LogP contribution in [-0.4, -0.2) is 36.2 Å². The van der Waals surface area contributed by atoms with Crippen LogP contribution in [0, 0.1) is 5.82 Å². The highest BCUT2D eigenvalue weighted by atomic mass is 35.5. The van der Waals surface area contributed by atoms with Crippen LogP contribution < -0.4 is 15.4 Å². The van der Waals surface area contributed by atoms with Crippen LogP contribution in [0.2, 0.25) is 0 Å². The summed E-state index contributed by atoms with van der Waals surface area (Å²) in [6, 6.07) is 8.87. The van der Waals surface area contributed by atoms with Gasteiger partial charge in [0.15, 0.2) is 0 Å². The molecule has 2 atom stereocenters. The van der Waals surface area contributed by atoms with Crippen molar-refractivity contribution >= 4 is 30.7 Å². The van der Waals surface area contributed by atoms with E-state index in [4.69, 9.17) is 9.47 Å². The quantitative estimate of drug-likeness (QED) is 0.782. The van der Waals surface area contributed by atoms with Crippen LogP contribution in [0.3, 0.4) is 0 Å². The number of pyridine rings is 1. The first-order chi connectivity index (χ1) is 12.1. The van der Waals surface area contributed by atoms with Gasteiger partial charge in [0, 0.05) is 25.4 Å². The molecule has 0 radical (unpaired) electrons. The van der Waals surface area contributed by atoms with E-state index in [9.17, 15) is 9.18 Å². The Morgan fingerprint density at radius 2 is 2.07 bits per heavy atom. The van der Waals surface area contributed by atoms with Crippen molar-refractivity contribution in [2.75, 3.05) is 13.2 Å². The molecule has 148 valence electrons. The van der Waals surface area contributed by atoms with Crippen LogP contribution in [0.4, 0.5) is 4.39 Å². The van der Waals surface area contributed by atoms with E-state index in [1.54, 1.807) is 18.3 Å². The lowest BCUT2D eigenvalue weighted by Gasteiger charge is -2.29. The molecular formula is C18H22Cl2FN3O3. The van der Waals surface area contributed by atoms with Gasteiger partial charge in [-0.25, -0.2) is 9.37 Å². The molecule has 1 aromatic carbocycles. The number of halogens is 3. The number of nitrogens with one attached hydrogen (secondary N) is 2. The summed E-state index contributed by atoms with van der Waals surface area (Å²) >= 11 is 0. The third-order valence-electron chi connectivity index (χ3n) is 3.90. The highest BCUT2D eigenvalue weighted by molar-refractivity contribution is 5.85. The van der Waals surface area contributed by atoms with Gasteiger partial charge in [0.1, 0.15) is 17.6 Å². The summed E-state index contributed by atoms with van der Waals surface area (Å²) in [5, 5.41) is 6.03. The molecule has 0 spiro atoms. The van der Waals surface area contributed by atoms with E-state index in [1.165, 1.54) is 24.3 Å². The van der Waals surface area contributed by atoms with Gasteiger partial charge in [0.05, 0.1) is 12.7 Å². The van der Waals surface area contributed by atoms with Gasteiger partial charge in [-0.05, 0) is 42.8 Å². The number of carbonyl (C=O) groups is 1. The maximum atomic E-state index is 12.9. The van der Waals surface area contributed by atoms with E-state index in [1.807, 2.05) is 6.92 Å². The third kappa shape index (κ3) is 6.62. The van der Waals surface area contributed by atoms with Crippen molar-refractivity contribution in [2.45, 2.75) is 25.6 Å². The van der Waals surface area contributed by atoms with Crippen molar-refractivity contribution in [3.63, 3.8) is 0 Å². The van der Waals surface area contributed by atoms with Crippen molar-refractivity contribution in [2.24, 2.45) is 0 Å². The van der Waals surface area contributed by atoms with Crippen molar-refractivity contribution in [1.29, 1.82) is 0 Å². The van der Waals surface area contributed by atoms with Gasteiger partial charge in [-0.1, -0.05) is 0 Å². The molecule has 27 heavy (non-hydrogen) atoms. The molecular weight excluding hydrogens is 396 g/mol. The zero-order valence-electron chi connectivity index (χ0n) is 14.7. The SMILES string of the molecule is C[C@H]1OCCN[C@@H]1C(=O)NCc1ccnc(Oc2ccc(F)cc2)c1.Cl.Cl. The molecule has 0 unspecified atom stereocenters. The molecule has 0 aliphatic carbocycles. The Labute approximate surface area is 169 Å². The van der Waals surface area contributed by atoms with Gasteiger partial charge in [0.25, 0.3) is 0 Å². The molecule has 1 saturated heterocycles. The number of rotatable bonds is 5. The summed E-state index contributed by atoms with van der Waals surface area (Å²) in [6.45, 7) is 3.50. The van der Waals surface area contributed by atoms with E-state index in [2.05, 4.69) is 15.6 Å². The Hall–Kier alpha value is -1.93. The fraction of sp³-hybridized carbons (Fsp3) is 0.333. The minimum atomic E-state index is -0.356. The highest BCUT2D eigenvalue weighted by Gasteiger charge is 2.27. The molecule has 1 aliphatic rings. The molecule has 1 aromatic heterocycles. The fourth-order valence-corrected chi connectivity index (χ4v) is 2.57. The van der Waals surface area contributed by atoms with Gasteiger partial charge in [-0.2, -0.15) is 0 Å². The van der Waals surface area contributed by atoms with E-state index in [0.717, 1.165) is 5.56 Å². The van der Waals surface area contributed by atoms with Gasteiger partial charge in [0.2, 0.25) is 11.8 Å². The molecule has 2 N–H and O–H groups in total. The monoisotopic (exact) mass is 417 g/mol. The summed E-state index contributed by atoms with van der Waals surface area (Å²) in [7, 11) is 0. The second-order valence-electron chi connectivity index (χ2n) is 5.78. The number of ether oxygens (including phenoxy) is 2. The Kier molecular flexibility index (Phi) is 9.45. The largest absolute Gasteiger partial charge is 0.439 e. The molecule has 1 fully saturated rings. The van der Waals surface area contributed by atoms with Crippen LogP contribution in [0.15, 0.2) is 42.6 Å². The molecule has 0 bridgehead atoms. The molecule has 0 saturated carbocycles. The Bertz CT molecular complexity index is 734. The van der Waals surface area contributed by atoms with Crippen molar-refractivity contribution in [3.05, 3.63) is 54.0 Å². The van der Waals surface area contributed by atoms with Gasteiger partial charge >= 0.3 is 0 Å². The summed E-state index contributed by atoms with van der Waals surface area (Å²) in [6.07, 6.45) is 1.44. The van der Waals surface area contributed by atoms with E-state index in [0.29, 0.717) is 31.3 Å². The standard InChI is InChI=1S/C18H20FN3O3.2ClH/c1-12-17(21-8-9-24-12)18(23)22-11-13-6-7-20-16(10-13)25-15-4-2-14(19)3-5-15;;/h2-7,10,12,17,21H,8-9,11H2,1H3,(H,22,23);2*1H/t12-,17+;;/m1../s1. The van der Waals surface area contributed by atoms with Crippen LogP contribution in [0.25, 0.3) is 0 Å². The molecule has 3 rings (SSSR count). The Balaban J connectivity index is 0.00000182. The lowest BCUT2D eigenvalue weighted by Crippen LogP contribution is -2.55. The molecule has 2 heterocycles. The molecule has 9 heteroatoms. The van der Waals surface area contributed by atoms with Gasteiger partial charge < -0.3 is 20.1 Å². The number of aromatic nitrogens is 1. The first kappa shape index (κ1) is 23.1. The maximum Gasteiger partial charge on any atom is 0.240 e. The summed E-state index contributed by atoms with van der Waals surface area (Å²) in [5.41, 5.74) is 0.852. The topological polar surface area (TPSA) is 72.5 Å². The predicted octanol–water partition coefficient (Wildman–Crippen LogP) is 2.85. The van der Waals surface area contributed by atoms with Crippen LogP contribution >= 0.6 is 24.8 Å². The zero-order chi connectivity index (χ0) is 17.6. The molecule has 6 nitrogen and oxygen atoms in total. The minimum Gasteiger partial charge on any atom is -0.439 e. The van der Waals surface area contributed by atoms with Crippen LogP contribution in [0.5, 0.6) is 11.6 Å². The molecule has 1 aliphatic heterocycles. The first-order valence-corrected chi connectivity index (χ1v) is 8.13. The van der Waals surface area contributed by atoms with Gasteiger partial charge in [-0.15, -0.1) is 24.8 Å². The summed E-state index contributed by atoms with van der Waals surface area (Å²) in [5.74, 6) is 0.439. The Morgan fingerprint density at radius 1 is 1.33 bits per heavy atom. The number of hydrogen-bond acceptors (Lipinski definition) is 5. The number of nitrogens with zero attached hydrogens (tertiary/aromatic N) is 1. The van der Waals surface area contributed by atoms with Gasteiger partial charge in [-0.3, -0.25) is 4.79 Å². The highest BCUT2D eigenvalue weighted by Crippen LogP contribution is 2.20. The van der Waals surface area contributed by atoms with Crippen molar-refractivity contribution in [1.82, 2.24) is 15.6 Å².